The molecule has 0 fully saturated rings. The standard InChI is InChI=1S/C46H29NO2/c1-2-15-35-30(11-1)12-10-19-36(35)31-13-9-14-33(27-31)47(34-24-26-45-41(29-34)39-18-5-8-22-44(39)48-45)42-20-6-3-16-37(42)32-23-25-40-38-17-4-7-21-43(38)49-46(40)28-32/h1-29H. The first-order chi connectivity index (χ1) is 24.3. The summed E-state index contributed by atoms with van der Waals surface area (Å²) >= 11 is 0. The average Bonchev–Trinajstić information content (AvgIpc) is 3.73. The third kappa shape index (κ3) is 4.51. The van der Waals surface area contributed by atoms with Gasteiger partial charge in [0.2, 0.25) is 0 Å². The zero-order chi connectivity index (χ0) is 32.3. The van der Waals surface area contributed by atoms with E-state index >= 15 is 0 Å². The Balaban J connectivity index is 1.20. The fraction of sp³-hybridized carbons (Fsp3) is 0. The van der Waals surface area contributed by atoms with Gasteiger partial charge in [0.05, 0.1) is 5.69 Å². The minimum Gasteiger partial charge on any atom is -0.456 e. The normalized spacial score (nSPS) is 11.7. The van der Waals surface area contributed by atoms with Crippen LogP contribution in [0.25, 0.3) is 76.9 Å². The lowest BCUT2D eigenvalue weighted by molar-refractivity contribution is 0.668. The van der Waals surface area contributed by atoms with Crippen LogP contribution in [0.1, 0.15) is 0 Å². The Morgan fingerprint density at radius 1 is 0.327 bits per heavy atom. The zero-order valence-electron chi connectivity index (χ0n) is 26.5. The van der Waals surface area contributed by atoms with Crippen LogP contribution in [0.3, 0.4) is 0 Å². The van der Waals surface area contributed by atoms with Gasteiger partial charge in [-0.3, -0.25) is 0 Å². The SMILES string of the molecule is c1cc(-c2cccc3ccccc23)cc(N(c2ccc3oc4ccccc4c3c2)c2ccccc2-c2ccc3c(c2)oc2ccccc23)c1. The van der Waals surface area contributed by atoms with Crippen molar-refractivity contribution in [1.29, 1.82) is 0 Å². The molecule has 0 saturated carbocycles. The van der Waals surface area contributed by atoms with Gasteiger partial charge in [-0.2, -0.15) is 0 Å². The van der Waals surface area contributed by atoms with E-state index in [0.717, 1.165) is 77.6 Å². The predicted octanol–water partition coefficient (Wildman–Crippen LogP) is 13.4. The fourth-order valence-electron chi connectivity index (χ4n) is 7.38. The smallest absolute Gasteiger partial charge is 0.136 e. The number of benzene rings is 8. The summed E-state index contributed by atoms with van der Waals surface area (Å²) in [5.41, 5.74) is 11.3. The highest BCUT2D eigenvalue weighted by molar-refractivity contribution is 6.08. The highest BCUT2D eigenvalue weighted by atomic mass is 16.3. The van der Waals surface area contributed by atoms with E-state index in [1.165, 1.54) is 16.3 Å². The maximum absolute atomic E-state index is 6.34. The average molecular weight is 628 g/mol. The molecule has 10 aromatic rings. The van der Waals surface area contributed by atoms with Crippen molar-refractivity contribution in [3.05, 3.63) is 176 Å². The number of rotatable bonds is 5. The Morgan fingerprint density at radius 3 is 1.80 bits per heavy atom. The fourth-order valence-corrected chi connectivity index (χ4v) is 7.38. The van der Waals surface area contributed by atoms with Gasteiger partial charge < -0.3 is 13.7 Å². The highest BCUT2D eigenvalue weighted by Gasteiger charge is 2.20. The van der Waals surface area contributed by atoms with Gasteiger partial charge in [0.1, 0.15) is 22.3 Å². The maximum Gasteiger partial charge on any atom is 0.136 e. The Hall–Kier alpha value is -6.58. The first-order valence-corrected chi connectivity index (χ1v) is 16.6. The monoisotopic (exact) mass is 627 g/mol. The van der Waals surface area contributed by atoms with Gasteiger partial charge in [-0.05, 0) is 88.1 Å². The summed E-state index contributed by atoms with van der Waals surface area (Å²) in [6, 6.07) is 62.2. The molecule has 0 spiro atoms. The Bertz CT molecular complexity index is 2850. The molecule has 49 heavy (non-hydrogen) atoms. The molecule has 0 unspecified atom stereocenters. The lowest BCUT2D eigenvalue weighted by atomic mass is 9.97. The molecule has 8 aromatic carbocycles. The lowest BCUT2D eigenvalue weighted by Gasteiger charge is -2.28. The van der Waals surface area contributed by atoms with Crippen LogP contribution in [0.15, 0.2) is 185 Å². The second-order valence-electron chi connectivity index (χ2n) is 12.5. The molecular formula is C46H29NO2. The van der Waals surface area contributed by atoms with E-state index in [1.54, 1.807) is 0 Å². The molecule has 10 rings (SSSR count). The number of hydrogen-bond acceptors (Lipinski definition) is 3. The van der Waals surface area contributed by atoms with Crippen LogP contribution in [0, 0.1) is 0 Å². The Morgan fingerprint density at radius 2 is 0.918 bits per heavy atom. The molecule has 0 aliphatic rings. The first kappa shape index (κ1) is 27.5. The number of nitrogens with zero attached hydrogens (tertiary/aromatic N) is 1. The molecule has 2 heterocycles. The maximum atomic E-state index is 6.34. The molecule has 0 aliphatic heterocycles. The van der Waals surface area contributed by atoms with Crippen molar-refractivity contribution in [2.45, 2.75) is 0 Å². The molecule has 230 valence electrons. The van der Waals surface area contributed by atoms with Crippen molar-refractivity contribution in [3.8, 4) is 22.3 Å². The van der Waals surface area contributed by atoms with Crippen molar-refractivity contribution in [2.24, 2.45) is 0 Å². The van der Waals surface area contributed by atoms with Gasteiger partial charge in [-0.25, -0.2) is 0 Å². The van der Waals surface area contributed by atoms with Gasteiger partial charge in [0.15, 0.2) is 0 Å². The van der Waals surface area contributed by atoms with Crippen LogP contribution in [0.5, 0.6) is 0 Å². The second-order valence-corrected chi connectivity index (χ2v) is 12.5. The molecule has 2 aromatic heterocycles. The van der Waals surface area contributed by atoms with E-state index in [2.05, 4.69) is 157 Å². The zero-order valence-corrected chi connectivity index (χ0v) is 26.5. The summed E-state index contributed by atoms with van der Waals surface area (Å²) < 4.78 is 12.6. The molecule has 0 radical (unpaired) electrons. The lowest BCUT2D eigenvalue weighted by Crippen LogP contribution is -2.11. The summed E-state index contributed by atoms with van der Waals surface area (Å²) in [6.07, 6.45) is 0. The minimum atomic E-state index is 0.873. The molecule has 3 heteroatoms. The number of para-hydroxylation sites is 3. The number of anilines is 3. The van der Waals surface area contributed by atoms with Gasteiger partial charge in [0.25, 0.3) is 0 Å². The molecule has 3 nitrogen and oxygen atoms in total. The van der Waals surface area contributed by atoms with Crippen molar-refractivity contribution in [1.82, 2.24) is 0 Å². The Kier molecular flexibility index (Phi) is 6.18. The number of fused-ring (bicyclic) bond motifs is 7. The highest BCUT2D eigenvalue weighted by Crippen LogP contribution is 2.44. The Labute approximate surface area is 282 Å². The topological polar surface area (TPSA) is 29.5 Å². The van der Waals surface area contributed by atoms with Crippen LogP contribution in [0.2, 0.25) is 0 Å². The van der Waals surface area contributed by atoms with Crippen LogP contribution in [-0.4, -0.2) is 0 Å². The van der Waals surface area contributed by atoms with E-state index in [4.69, 9.17) is 8.83 Å². The molecule has 0 bridgehead atoms. The molecule has 0 saturated heterocycles. The molecule has 0 N–H and O–H groups in total. The molecule has 0 amide bonds. The van der Waals surface area contributed by atoms with Crippen molar-refractivity contribution >= 4 is 71.7 Å². The van der Waals surface area contributed by atoms with Crippen molar-refractivity contribution < 1.29 is 8.83 Å². The largest absolute Gasteiger partial charge is 0.456 e. The predicted molar refractivity (Wildman–Crippen MR) is 204 cm³/mol. The van der Waals surface area contributed by atoms with E-state index < -0.39 is 0 Å². The van der Waals surface area contributed by atoms with Crippen LogP contribution in [-0.2, 0) is 0 Å². The molecule has 0 atom stereocenters. The van der Waals surface area contributed by atoms with E-state index in [0.29, 0.717) is 0 Å². The molecule has 0 aliphatic carbocycles. The summed E-state index contributed by atoms with van der Waals surface area (Å²) in [5, 5.41) is 6.90. The van der Waals surface area contributed by atoms with Crippen LogP contribution >= 0.6 is 0 Å². The van der Waals surface area contributed by atoms with Gasteiger partial charge in [0, 0.05) is 38.5 Å². The van der Waals surface area contributed by atoms with Crippen LogP contribution in [0.4, 0.5) is 17.1 Å². The van der Waals surface area contributed by atoms with Gasteiger partial charge >= 0.3 is 0 Å². The van der Waals surface area contributed by atoms with Crippen molar-refractivity contribution in [3.63, 3.8) is 0 Å². The minimum absolute atomic E-state index is 0.873. The van der Waals surface area contributed by atoms with E-state index in [9.17, 15) is 0 Å². The number of furan rings is 2. The molecular weight excluding hydrogens is 599 g/mol. The van der Waals surface area contributed by atoms with Gasteiger partial charge in [-0.1, -0.05) is 115 Å². The summed E-state index contributed by atoms with van der Waals surface area (Å²) in [5.74, 6) is 0. The second kappa shape index (κ2) is 11.0. The van der Waals surface area contributed by atoms with Crippen molar-refractivity contribution in [2.75, 3.05) is 4.90 Å². The quantitative estimate of drug-likeness (QED) is 0.190. The third-order valence-electron chi connectivity index (χ3n) is 9.66. The van der Waals surface area contributed by atoms with E-state index in [1.807, 2.05) is 24.3 Å². The summed E-state index contributed by atoms with van der Waals surface area (Å²) in [6.45, 7) is 0. The third-order valence-corrected chi connectivity index (χ3v) is 9.66. The first-order valence-electron chi connectivity index (χ1n) is 16.6. The van der Waals surface area contributed by atoms with E-state index in [-0.39, 0.29) is 0 Å². The summed E-state index contributed by atoms with van der Waals surface area (Å²) in [7, 11) is 0. The number of hydrogen-bond donors (Lipinski definition) is 0. The summed E-state index contributed by atoms with van der Waals surface area (Å²) in [4.78, 5) is 2.37. The van der Waals surface area contributed by atoms with Crippen LogP contribution < -0.4 is 4.90 Å². The van der Waals surface area contributed by atoms with Gasteiger partial charge in [-0.15, -0.1) is 0 Å².